The van der Waals surface area contributed by atoms with Crippen molar-refractivity contribution in [2.75, 3.05) is 13.1 Å². The summed E-state index contributed by atoms with van der Waals surface area (Å²) in [5, 5.41) is 11.1. The minimum atomic E-state index is -0.802. The Bertz CT molecular complexity index is 951. The van der Waals surface area contributed by atoms with E-state index >= 15 is 0 Å². The largest absolute Gasteiger partial charge is 0.481 e. The van der Waals surface area contributed by atoms with E-state index in [0.717, 1.165) is 12.8 Å². The summed E-state index contributed by atoms with van der Waals surface area (Å²) in [4.78, 5) is 63.8. The van der Waals surface area contributed by atoms with E-state index in [9.17, 15) is 24.0 Å². The van der Waals surface area contributed by atoms with Gasteiger partial charge in [0.15, 0.2) is 0 Å². The summed E-state index contributed by atoms with van der Waals surface area (Å²) in [6.45, 7) is 1.27. The Balaban J connectivity index is 1.46. The summed E-state index contributed by atoms with van der Waals surface area (Å²) >= 11 is 0. The van der Waals surface area contributed by atoms with Crippen molar-refractivity contribution in [3.63, 3.8) is 0 Å². The van der Waals surface area contributed by atoms with Crippen molar-refractivity contribution in [3.8, 4) is 0 Å². The van der Waals surface area contributed by atoms with Crippen LogP contribution in [0.25, 0.3) is 0 Å². The van der Waals surface area contributed by atoms with Crippen LogP contribution in [0.5, 0.6) is 0 Å². The summed E-state index contributed by atoms with van der Waals surface area (Å²) < 4.78 is 0. The monoisotopic (exact) mass is 427 g/mol. The van der Waals surface area contributed by atoms with E-state index in [0.29, 0.717) is 42.1 Å². The van der Waals surface area contributed by atoms with Crippen molar-refractivity contribution in [2.45, 2.75) is 51.1 Å². The van der Waals surface area contributed by atoms with Gasteiger partial charge in [0.1, 0.15) is 6.04 Å². The smallest absolute Gasteiger partial charge is 0.303 e. The molecule has 2 saturated heterocycles. The lowest BCUT2D eigenvalue weighted by Gasteiger charge is -2.32. The van der Waals surface area contributed by atoms with Crippen molar-refractivity contribution in [1.82, 2.24) is 15.1 Å². The van der Waals surface area contributed by atoms with Crippen LogP contribution in [0.4, 0.5) is 0 Å². The Hall–Kier alpha value is -3.23. The van der Waals surface area contributed by atoms with E-state index in [-0.39, 0.29) is 43.5 Å². The van der Waals surface area contributed by atoms with E-state index < -0.39 is 17.9 Å². The molecule has 164 valence electrons. The average Bonchev–Trinajstić information content (AvgIpc) is 3.08. The zero-order valence-electron chi connectivity index (χ0n) is 17.1. The summed E-state index contributed by atoms with van der Waals surface area (Å²) in [5.41, 5.74) is 1.51. The van der Waals surface area contributed by atoms with Gasteiger partial charge in [-0.15, -0.1) is 0 Å². The summed E-state index contributed by atoms with van der Waals surface area (Å²) in [6, 6.07) is 4.33. The molecule has 0 aromatic heterocycles. The number of carbonyl (C=O) groups is 5. The number of fused-ring (bicyclic) bond motifs is 1. The second kappa shape index (κ2) is 8.49. The molecular weight excluding hydrogens is 402 g/mol. The molecule has 1 atom stereocenters. The van der Waals surface area contributed by atoms with Gasteiger partial charge in [0.05, 0.1) is 0 Å². The molecular formula is C22H25N3O6. The van der Waals surface area contributed by atoms with Gasteiger partial charge < -0.3 is 14.9 Å². The predicted octanol–water partition coefficient (Wildman–Crippen LogP) is 1.16. The highest BCUT2D eigenvalue weighted by Gasteiger charge is 2.40. The van der Waals surface area contributed by atoms with Gasteiger partial charge in [0.2, 0.25) is 11.8 Å². The van der Waals surface area contributed by atoms with E-state index in [2.05, 4.69) is 5.32 Å². The van der Waals surface area contributed by atoms with Crippen LogP contribution in [0, 0.1) is 5.92 Å². The molecule has 9 nitrogen and oxygen atoms in total. The van der Waals surface area contributed by atoms with Gasteiger partial charge in [-0.1, -0.05) is 6.07 Å². The zero-order chi connectivity index (χ0) is 22.1. The Labute approximate surface area is 179 Å². The number of nitrogens with one attached hydrogen (secondary N) is 1. The maximum absolute atomic E-state index is 13.2. The Morgan fingerprint density at radius 2 is 1.84 bits per heavy atom. The topological polar surface area (TPSA) is 124 Å². The third kappa shape index (κ3) is 4.17. The van der Waals surface area contributed by atoms with Gasteiger partial charge in [0, 0.05) is 43.6 Å². The van der Waals surface area contributed by atoms with Gasteiger partial charge in [-0.3, -0.25) is 29.3 Å². The first kappa shape index (κ1) is 21.0. The number of hydrogen-bond donors (Lipinski definition) is 2. The van der Waals surface area contributed by atoms with Gasteiger partial charge in [-0.2, -0.15) is 0 Å². The number of aliphatic carboxylic acids is 1. The van der Waals surface area contributed by atoms with Crippen LogP contribution in [0.1, 0.15) is 64.8 Å². The zero-order valence-corrected chi connectivity index (χ0v) is 17.1. The number of piperidine rings is 2. The van der Waals surface area contributed by atoms with Crippen molar-refractivity contribution >= 4 is 29.6 Å². The van der Waals surface area contributed by atoms with E-state index in [1.807, 2.05) is 0 Å². The minimum absolute atomic E-state index is 0.142. The van der Waals surface area contributed by atoms with Crippen LogP contribution in [-0.4, -0.2) is 63.6 Å². The highest BCUT2D eigenvalue weighted by Crippen LogP contribution is 2.31. The third-order valence-corrected chi connectivity index (χ3v) is 6.48. The fourth-order valence-electron chi connectivity index (χ4n) is 4.71. The minimum Gasteiger partial charge on any atom is -0.481 e. The first-order chi connectivity index (χ1) is 14.8. The quantitative estimate of drug-likeness (QED) is 0.680. The van der Waals surface area contributed by atoms with Crippen LogP contribution in [0.15, 0.2) is 18.2 Å². The van der Waals surface area contributed by atoms with Crippen LogP contribution < -0.4 is 5.32 Å². The van der Waals surface area contributed by atoms with Crippen molar-refractivity contribution in [2.24, 2.45) is 5.92 Å². The summed E-state index contributed by atoms with van der Waals surface area (Å²) in [6.07, 6.45) is 2.73. The maximum Gasteiger partial charge on any atom is 0.303 e. The number of carboxylic acids is 1. The summed E-state index contributed by atoms with van der Waals surface area (Å²) in [5.74, 6) is -1.77. The fourth-order valence-corrected chi connectivity index (χ4v) is 4.71. The fraction of sp³-hybridized carbons (Fsp3) is 0.500. The molecule has 2 fully saturated rings. The molecule has 1 aromatic carbocycles. The lowest BCUT2D eigenvalue weighted by molar-refractivity contribution is -0.138. The van der Waals surface area contributed by atoms with Crippen LogP contribution >= 0.6 is 0 Å². The van der Waals surface area contributed by atoms with Crippen LogP contribution in [-0.2, 0) is 20.9 Å². The van der Waals surface area contributed by atoms with Crippen LogP contribution in [0.2, 0.25) is 0 Å². The van der Waals surface area contributed by atoms with Crippen molar-refractivity contribution in [3.05, 3.63) is 34.9 Å². The number of benzene rings is 1. The van der Waals surface area contributed by atoms with E-state index in [4.69, 9.17) is 5.11 Å². The first-order valence-corrected chi connectivity index (χ1v) is 10.6. The standard InChI is InChI=1S/C22H25N3O6/c26-18-6-5-17(20(29)23-18)25-12-16-14(2-1-3-15(16)22(25)31)21(30)24-10-8-13(9-11-24)4-7-19(27)28/h1-3,13,17H,4-12H2,(H,27,28)(H,23,26,29). The predicted molar refractivity (Wildman–Crippen MR) is 108 cm³/mol. The number of imide groups is 1. The molecule has 2 N–H and O–H groups in total. The molecule has 1 unspecified atom stereocenters. The number of nitrogens with zero attached hydrogens (tertiary/aromatic N) is 2. The molecule has 31 heavy (non-hydrogen) atoms. The molecule has 0 saturated carbocycles. The SMILES string of the molecule is O=C(O)CCC1CCN(C(=O)c2cccc3c2CN(C2CCC(=O)NC2=O)C3=O)CC1. The third-order valence-electron chi connectivity index (χ3n) is 6.48. The number of amides is 4. The van der Waals surface area contributed by atoms with Gasteiger partial charge >= 0.3 is 5.97 Å². The van der Waals surface area contributed by atoms with Crippen molar-refractivity contribution < 1.29 is 29.1 Å². The first-order valence-electron chi connectivity index (χ1n) is 10.6. The molecule has 9 heteroatoms. The highest BCUT2D eigenvalue weighted by molar-refractivity contribution is 6.07. The summed E-state index contributed by atoms with van der Waals surface area (Å²) in [7, 11) is 0. The number of carbonyl (C=O) groups excluding carboxylic acids is 4. The van der Waals surface area contributed by atoms with Gasteiger partial charge in [-0.25, -0.2) is 0 Å². The number of carboxylic acid groups (broad SMARTS) is 1. The highest BCUT2D eigenvalue weighted by atomic mass is 16.4. The Kier molecular flexibility index (Phi) is 5.75. The Morgan fingerprint density at radius 1 is 1.10 bits per heavy atom. The molecule has 0 bridgehead atoms. The lowest BCUT2D eigenvalue weighted by atomic mass is 9.91. The number of likely N-dealkylation sites (tertiary alicyclic amines) is 1. The van der Waals surface area contributed by atoms with Gasteiger partial charge in [0.25, 0.3) is 11.8 Å². The number of rotatable bonds is 5. The van der Waals surface area contributed by atoms with E-state index in [1.165, 1.54) is 4.90 Å². The molecule has 1 aromatic rings. The molecule has 0 aliphatic carbocycles. The van der Waals surface area contributed by atoms with Crippen LogP contribution in [0.3, 0.4) is 0 Å². The normalized spacial score (nSPS) is 21.8. The number of hydrogen-bond acceptors (Lipinski definition) is 5. The molecule has 3 aliphatic rings. The maximum atomic E-state index is 13.2. The van der Waals surface area contributed by atoms with Gasteiger partial charge in [-0.05, 0) is 49.3 Å². The molecule has 3 aliphatic heterocycles. The molecule has 3 heterocycles. The lowest BCUT2D eigenvalue weighted by Crippen LogP contribution is -2.52. The molecule has 0 spiro atoms. The average molecular weight is 427 g/mol. The molecule has 0 radical (unpaired) electrons. The second-order valence-electron chi connectivity index (χ2n) is 8.40. The Morgan fingerprint density at radius 3 is 2.52 bits per heavy atom. The molecule has 4 amide bonds. The van der Waals surface area contributed by atoms with Crippen molar-refractivity contribution in [1.29, 1.82) is 0 Å². The van der Waals surface area contributed by atoms with E-state index in [1.54, 1.807) is 23.1 Å². The second-order valence-corrected chi connectivity index (χ2v) is 8.40. The molecule has 4 rings (SSSR count).